The first kappa shape index (κ1) is 44.9. The lowest BCUT2D eigenvalue weighted by Gasteiger charge is -2.30. The van der Waals surface area contributed by atoms with E-state index in [1.165, 1.54) is 17.0 Å². The molecule has 16 heteroatoms. The third-order valence-electron chi connectivity index (χ3n) is 8.94. The molecular weight excluding hydrogens is 686 g/mol. The predicted octanol–water partition coefficient (Wildman–Crippen LogP) is 1.74. The monoisotopic (exact) mass is 747 g/mol. The molecule has 0 spiro atoms. The van der Waals surface area contributed by atoms with E-state index < -0.39 is 71.4 Å². The van der Waals surface area contributed by atoms with Crippen molar-refractivity contribution in [2.45, 2.75) is 129 Å². The number of Topliss-reactive ketones (excluding diaryl/α,β-unsaturated/α-hetero) is 1. The maximum absolute atomic E-state index is 13.8. The highest BCUT2D eigenvalue weighted by Gasteiger charge is 2.39. The number of hydrogen-bond acceptors (Lipinski definition) is 11. The van der Waals surface area contributed by atoms with Gasteiger partial charge in [0, 0.05) is 6.54 Å². The van der Waals surface area contributed by atoms with Crippen LogP contribution in [-0.4, -0.2) is 106 Å². The number of carbonyl (C=O) groups is 6. The number of carboxylic acid groups (broad SMARTS) is 1. The Hall–Kier alpha value is -4.28. The molecule has 2 rings (SSSR count). The van der Waals surface area contributed by atoms with Crippen LogP contribution in [0.4, 0.5) is 4.79 Å². The molecule has 1 heterocycles. The van der Waals surface area contributed by atoms with E-state index in [-0.39, 0.29) is 56.5 Å². The number of hydrazine groups is 1. The molecule has 4 amide bonds. The van der Waals surface area contributed by atoms with Gasteiger partial charge in [-0.3, -0.25) is 19.2 Å². The Kier molecular flexibility index (Phi) is 18.1. The van der Waals surface area contributed by atoms with Crippen molar-refractivity contribution in [1.82, 2.24) is 31.7 Å². The van der Waals surface area contributed by atoms with Crippen LogP contribution < -0.4 is 32.5 Å². The van der Waals surface area contributed by atoms with Gasteiger partial charge in [0.05, 0.1) is 12.6 Å². The number of nitrogens with two attached hydrogens (primary N) is 1. The Morgan fingerprint density at radius 2 is 1.64 bits per heavy atom. The van der Waals surface area contributed by atoms with Crippen molar-refractivity contribution < 1.29 is 43.7 Å². The van der Waals surface area contributed by atoms with Crippen LogP contribution in [0.5, 0.6) is 5.75 Å². The lowest BCUT2D eigenvalue weighted by Crippen LogP contribution is -2.58. The molecule has 0 aromatic heterocycles. The van der Waals surface area contributed by atoms with Gasteiger partial charge < -0.3 is 41.5 Å². The van der Waals surface area contributed by atoms with E-state index in [0.717, 1.165) is 0 Å². The topological polar surface area (TPSA) is 242 Å². The maximum Gasteiger partial charge on any atom is 0.408 e. The lowest BCUT2D eigenvalue weighted by atomic mass is 9.97. The van der Waals surface area contributed by atoms with E-state index in [1.54, 1.807) is 32.9 Å². The van der Waals surface area contributed by atoms with Gasteiger partial charge in [-0.1, -0.05) is 46.2 Å². The molecule has 0 aliphatic carbocycles. The van der Waals surface area contributed by atoms with Gasteiger partial charge >= 0.3 is 12.1 Å². The molecule has 1 fully saturated rings. The van der Waals surface area contributed by atoms with Crippen LogP contribution in [0.2, 0.25) is 0 Å². The molecule has 0 radical (unpaired) electrons. The summed E-state index contributed by atoms with van der Waals surface area (Å²) < 4.78 is 5.36. The molecule has 1 aromatic carbocycles. The van der Waals surface area contributed by atoms with E-state index >= 15 is 0 Å². The molecule has 1 aromatic rings. The van der Waals surface area contributed by atoms with Gasteiger partial charge in [0.15, 0.2) is 5.78 Å². The van der Waals surface area contributed by atoms with Crippen LogP contribution in [0, 0.1) is 11.8 Å². The quantitative estimate of drug-likeness (QED) is 0.0839. The molecule has 0 saturated carbocycles. The van der Waals surface area contributed by atoms with Gasteiger partial charge in [-0.2, -0.15) is 0 Å². The van der Waals surface area contributed by atoms with Crippen molar-refractivity contribution in [3.05, 3.63) is 29.8 Å². The number of hydrogen-bond donors (Lipinski definition) is 8. The predicted molar refractivity (Wildman–Crippen MR) is 198 cm³/mol. The average Bonchev–Trinajstić information content (AvgIpc) is 3.57. The normalized spacial score (nSPS) is 17.3. The van der Waals surface area contributed by atoms with Crippen LogP contribution in [0.1, 0.15) is 92.6 Å². The van der Waals surface area contributed by atoms with E-state index in [1.807, 2.05) is 27.7 Å². The standard InChI is InChI=1S/C37H61N7O9/c1-8-23(4)31(33(48)41-28(35(50)51)19-22(2)3)43-39-21-30(46)27(20-24-13-15-25(45)16-14-24)40-32(47)29-12-10-18-44(29)34(49)26(11-9-17-38)42-36(52)53-37(5,6)7/h13-16,22-23,26-29,31,39,43,45H,8-12,17-21,38H2,1-7H3,(H,40,47)(H,41,48)(H,42,52)(H,50,51)/t23-,26-,27-,28-,29-,31-/m0/s1. The van der Waals surface area contributed by atoms with Crippen molar-refractivity contribution in [3.8, 4) is 5.75 Å². The molecule has 0 bridgehead atoms. The Bertz CT molecular complexity index is 1380. The van der Waals surface area contributed by atoms with Crippen LogP contribution in [-0.2, 0) is 35.1 Å². The van der Waals surface area contributed by atoms with Gasteiger partial charge in [0.1, 0.15) is 35.5 Å². The number of nitrogens with zero attached hydrogens (tertiary/aromatic N) is 1. The number of carboxylic acids is 1. The van der Waals surface area contributed by atoms with Crippen molar-refractivity contribution in [2.75, 3.05) is 19.6 Å². The number of ketones is 1. The number of nitrogens with one attached hydrogen (secondary N) is 5. The van der Waals surface area contributed by atoms with E-state index in [9.17, 15) is 39.0 Å². The minimum atomic E-state index is -1.14. The number of carbonyl (C=O) groups excluding carboxylic acids is 5. The molecule has 0 unspecified atom stereocenters. The zero-order valence-corrected chi connectivity index (χ0v) is 32.2. The number of aliphatic carboxylic acids is 1. The molecule has 16 nitrogen and oxygen atoms in total. The van der Waals surface area contributed by atoms with E-state index in [0.29, 0.717) is 31.2 Å². The second kappa shape index (κ2) is 21.4. The number of likely N-dealkylation sites (tertiary alicyclic amines) is 1. The first-order valence-corrected chi connectivity index (χ1v) is 18.5. The SMILES string of the molecule is CC[C@H](C)[C@H](NNCC(=O)[C@H](Cc1ccc(O)cc1)NC(=O)[C@@H]1CCCN1C(=O)[C@H](CCCN)NC(=O)OC(C)(C)C)C(=O)N[C@@H](CC(C)C)C(=O)O. The summed E-state index contributed by atoms with van der Waals surface area (Å²) >= 11 is 0. The molecule has 298 valence electrons. The second-order valence-electron chi connectivity index (χ2n) is 15.1. The number of amides is 4. The number of ether oxygens (including phenoxy) is 1. The van der Waals surface area contributed by atoms with Crippen LogP contribution >= 0.6 is 0 Å². The fraction of sp³-hybridized carbons (Fsp3) is 0.676. The molecule has 1 aliphatic rings. The van der Waals surface area contributed by atoms with Gasteiger partial charge in [-0.15, -0.1) is 0 Å². The molecule has 9 N–H and O–H groups in total. The van der Waals surface area contributed by atoms with Crippen molar-refractivity contribution in [1.29, 1.82) is 0 Å². The molecule has 6 atom stereocenters. The number of phenols is 1. The Morgan fingerprint density at radius 1 is 0.981 bits per heavy atom. The van der Waals surface area contributed by atoms with Crippen LogP contribution in [0.25, 0.3) is 0 Å². The Morgan fingerprint density at radius 3 is 2.21 bits per heavy atom. The summed E-state index contributed by atoms with van der Waals surface area (Å²) in [6.45, 7) is 12.8. The highest BCUT2D eigenvalue weighted by Crippen LogP contribution is 2.21. The van der Waals surface area contributed by atoms with Gasteiger partial charge in [-0.05, 0) is 95.4 Å². The number of phenolic OH excluding ortho intramolecular Hbond substituents is 1. The summed E-state index contributed by atoms with van der Waals surface area (Å²) in [5.41, 5.74) is 11.3. The third kappa shape index (κ3) is 15.3. The average molecular weight is 748 g/mol. The summed E-state index contributed by atoms with van der Waals surface area (Å²) in [5, 5.41) is 27.5. The lowest BCUT2D eigenvalue weighted by molar-refractivity contribution is -0.142. The third-order valence-corrected chi connectivity index (χ3v) is 8.94. The number of benzene rings is 1. The minimum absolute atomic E-state index is 0.0312. The summed E-state index contributed by atoms with van der Waals surface area (Å²) in [6, 6.07) is 1.30. The molecule has 1 saturated heterocycles. The van der Waals surface area contributed by atoms with Crippen molar-refractivity contribution in [3.63, 3.8) is 0 Å². The Labute approximate surface area is 312 Å². The molecular formula is C37H61N7O9. The highest BCUT2D eigenvalue weighted by atomic mass is 16.6. The van der Waals surface area contributed by atoms with Crippen molar-refractivity contribution >= 4 is 35.6 Å². The first-order valence-electron chi connectivity index (χ1n) is 18.5. The smallest absolute Gasteiger partial charge is 0.408 e. The maximum atomic E-state index is 13.8. The zero-order valence-electron chi connectivity index (χ0n) is 32.2. The van der Waals surface area contributed by atoms with Gasteiger partial charge in [0.2, 0.25) is 17.7 Å². The number of rotatable bonds is 21. The second-order valence-corrected chi connectivity index (χ2v) is 15.1. The fourth-order valence-electron chi connectivity index (χ4n) is 5.94. The summed E-state index contributed by atoms with van der Waals surface area (Å²) in [5.74, 6) is -3.28. The Balaban J connectivity index is 2.23. The highest BCUT2D eigenvalue weighted by molar-refractivity contribution is 5.95. The van der Waals surface area contributed by atoms with Gasteiger partial charge in [0.25, 0.3) is 0 Å². The number of alkyl carbamates (subject to hydrolysis) is 1. The number of aromatic hydroxyl groups is 1. The summed E-state index contributed by atoms with van der Waals surface area (Å²) in [4.78, 5) is 80.3. The summed E-state index contributed by atoms with van der Waals surface area (Å²) in [6.07, 6.45) is 1.69. The minimum Gasteiger partial charge on any atom is -0.508 e. The van der Waals surface area contributed by atoms with E-state index in [2.05, 4.69) is 26.8 Å². The van der Waals surface area contributed by atoms with E-state index in [4.69, 9.17) is 10.5 Å². The first-order chi connectivity index (χ1) is 24.9. The van der Waals surface area contributed by atoms with Crippen molar-refractivity contribution in [2.24, 2.45) is 17.6 Å². The summed E-state index contributed by atoms with van der Waals surface area (Å²) in [7, 11) is 0. The van der Waals surface area contributed by atoms with Gasteiger partial charge in [-0.25, -0.2) is 20.4 Å². The fourth-order valence-corrected chi connectivity index (χ4v) is 5.94. The zero-order chi connectivity index (χ0) is 39.9. The molecule has 53 heavy (non-hydrogen) atoms. The largest absolute Gasteiger partial charge is 0.508 e. The van der Waals surface area contributed by atoms with Crippen LogP contribution in [0.3, 0.4) is 0 Å². The molecule has 1 aliphatic heterocycles. The van der Waals surface area contributed by atoms with Crippen LogP contribution in [0.15, 0.2) is 24.3 Å².